The Labute approximate surface area is 193 Å². The summed E-state index contributed by atoms with van der Waals surface area (Å²) in [4.78, 5) is 12.5. The fourth-order valence-corrected chi connectivity index (χ4v) is 5.73. The van der Waals surface area contributed by atoms with Gasteiger partial charge in [0.1, 0.15) is 5.52 Å². The van der Waals surface area contributed by atoms with Gasteiger partial charge in [0.15, 0.2) is 5.65 Å². The maximum absolute atomic E-state index is 13.0. The van der Waals surface area contributed by atoms with Crippen LogP contribution < -0.4 is 0 Å². The SMILES string of the molecule is CCN(CC)S(=O)(=O)c1ccc2[nH]c3nc4nc(-c5ccc(Cl)cc5Cl)cn4nc3c2c1. The Morgan fingerprint density at radius 1 is 1.06 bits per heavy atom. The average Bonchev–Trinajstić information content (AvgIpc) is 3.32. The van der Waals surface area contributed by atoms with Crippen molar-refractivity contribution in [3.8, 4) is 11.3 Å². The van der Waals surface area contributed by atoms with Crippen LogP contribution in [0.25, 0.3) is 39.1 Å². The number of imidazole rings is 1. The van der Waals surface area contributed by atoms with Crippen LogP contribution in [0.2, 0.25) is 10.0 Å². The number of fused-ring (bicyclic) bond motifs is 4. The summed E-state index contributed by atoms with van der Waals surface area (Å²) >= 11 is 12.3. The van der Waals surface area contributed by atoms with Crippen molar-refractivity contribution in [1.29, 1.82) is 0 Å². The third kappa shape index (κ3) is 3.32. The Morgan fingerprint density at radius 3 is 2.56 bits per heavy atom. The van der Waals surface area contributed by atoms with E-state index in [4.69, 9.17) is 23.2 Å². The molecule has 0 atom stereocenters. The Balaban J connectivity index is 1.68. The van der Waals surface area contributed by atoms with Crippen LogP contribution in [0.5, 0.6) is 0 Å². The van der Waals surface area contributed by atoms with E-state index in [0.717, 1.165) is 5.52 Å². The molecule has 0 saturated heterocycles. The normalized spacial score (nSPS) is 12.5. The molecule has 0 spiro atoms. The van der Waals surface area contributed by atoms with E-state index in [1.165, 1.54) is 4.31 Å². The van der Waals surface area contributed by atoms with Gasteiger partial charge in [-0.1, -0.05) is 37.0 Å². The zero-order chi connectivity index (χ0) is 22.6. The minimum Gasteiger partial charge on any atom is -0.338 e. The van der Waals surface area contributed by atoms with E-state index in [2.05, 4.69) is 20.1 Å². The number of hydrogen-bond donors (Lipinski definition) is 1. The molecule has 5 aromatic rings. The van der Waals surface area contributed by atoms with Crippen LogP contribution in [-0.4, -0.2) is 50.4 Å². The molecule has 0 amide bonds. The van der Waals surface area contributed by atoms with Gasteiger partial charge in [-0.25, -0.2) is 17.9 Å². The predicted octanol–water partition coefficient (Wildman–Crippen LogP) is 4.76. The Morgan fingerprint density at radius 2 is 1.84 bits per heavy atom. The topological polar surface area (TPSA) is 96.2 Å². The summed E-state index contributed by atoms with van der Waals surface area (Å²) in [6, 6.07) is 10.1. The van der Waals surface area contributed by atoms with E-state index < -0.39 is 10.0 Å². The molecule has 0 bridgehead atoms. The van der Waals surface area contributed by atoms with Gasteiger partial charge in [0.25, 0.3) is 5.78 Å². The Bertz CT molecular complexity index is 1610. The van der Waals surface area contributed by atoms with Gasteiger partial charge < -0.3 is 4.98 Å². The largest absolute Gasteiger partial charge is 0.338 e. The molecule has 8 nitrogen and oxygen atoms in total. The van der Waals surface area contributed by atoms with E-state index in [-0.39, 0.29) is 4.90 Å². The summed E-state index contributed by atoms with van der Waals surface area (Å²) in [5.41, 5.74) is 3.13. The third-order valence-corrected chi connectivity index (χ3v) is 7.96. The number of rotatable bonds is 5. The highest BCUT2D eigenvalue weighted by atomic mass is 35.5. The summed E-state index contributed by atoms with van der Waals surface area (Å²) in [6.07, 6.45) is 1.73. The summed E-state index contributed by atoms with van der Waals surface area (Å²) < 4.78 is 28.9. The molecule has 0 aliphatic rings. The number of sulfonamides is 1. The van der Waals surface area contributed by atoms with Gasteiger partial charge in [0, 0.05) is 34.6 Å². The summed E-state index contributed by atoms with van der Waals surface area (Å²) in [7, 11) is -3.60. The van der Waals surface area contributed by atoms with Crippen molar-refractivity contribution in [3.63, 3.8) is 0 Å². The maximum atomic E-state index is 13.0. The first-order valence-corrected chi connectivity index (χ1v) is 12.2. The third-order valence-electron chi connectivity index (χ3n) is 5.36. The molecular formula is C21H18Cl2N6O2S. The highest BCUT2D eigenvalue weighted by Crippen LogP contribution is 2.31. The minimum absolute atomic E-state index is 0.218. The zero-order valence-corrected chi connectivity index (χ0v) is 19.5. The highest BCUT2D eigenvalue weighted by Gasteiger charge is 2.23. The minimum atomic E-state index is -3.60. The van der Waals surface area contributed by atoms with Crippen LogP contribution in [0, 0.1) is 0 Å². The summed E-state index contributed by atoms with van der Waals surface area (Å²) in [5, 5.41) is 6.33. The first kappa shape index (κ1) is 21.1. The number of nitrogens with zero attached hydrogens (tertiary/aromatic N) is 5. The lowest BCUT2D eigenvalue weighted by Crippen LogP contribution is -2.30. The molecule has 164 valence electrons. The Kier molecular flexibility index (Phi) is 5.09. The summed E-state index contributed by atoms with van der Waals surface area (Å²) in [5.74, 6) is 0.390. The fourth-order valence-electron chi connectivity index (χ4n) is 3.74. The molecule has 1 N–H and O–H groups in total. The lowest BCUT2D eigenvalue weighted by atomic mass is 10.2. The second kappa shape index (κ2) is 7.70. The first-order valence-electron chi connectivity index (χ1n) is 9.96. The van der Waals surface area contributed by atoms with Gasteiger partial charge in [0.2, 0.25) is 10.0 Å². The van der Waals surface area contributed by atoms with E-state index in [0.29, 0.717) is 56.7 Å². The predicted molar refractivity (Wildman–Crippen MR) is 126 cm³/mol. The van der Waals surface area contributed by atoms with E-state index >= 15 is 0 Å². The average molecular weight is 489 g/mol. The molecule has 0 radical (unpaired) electrons. The lowest BCUT2D eigenvalue weighted by molar-refractivity contribution is 0.445. The van der Waals surface area contributed by atoms with Crippen molar-refractivity contribution < 1.29 is 8.42 Å². The standard InChI is InChI=1S/C21H18Cl2N6O2S/c1-3-28(4-2)32(30,31)13-6-8-17-15(10-13)19-20(24-17)26-21-25-18(11-29(21)27-19)14-7-5-12(22)9-16(14)23/h5-11H,3-4H2,1-2H3,(H,24,25,26). The van der Waals surface area contributed by atoms with E-state index in [9.17, 15) is 8.42 Å². The van der Waals surface area contributed by atoms with Crippen molar-refractivity contribution in [3.05, 3.63) is 52.6 Å². The number of H-pyrrole nitrogens is 1. The van der Waals surface area contributed by atoms with Crippen LogP contribution in [0.15, 0.2) is 47.5 Å². The number of hydrogen-bond acceptors (Lipinski definition) is 5. The van der Waals surface area contributed by atoms with Crippen LogP contribution >= 0.6 is 23.2 Å². The molecule has 5 rings (SSSR count). The number of nitrogens with one attached hydrogen (secondary N) is 1. The van der Waals surface area contributed by atoms with Crippen LogP contribution in [0.3, 0.4) is 0 Å². The maximum Gasteiger partial charge on any atom is 0.253 e. The first-order chi connectivity index (χ1) is 15.3. The van der Waals surface area contributed by atoms with Crippen molar-refractivity contribution in [1.82, 2.24) is 28.9 Å². The van der Waals surface area contributed by atoms with Gasteiger partial charge in [-0.2, -0.15) is 14.4 Å². The molecular weight excluding hydrogens is 471 g/mol. The Hall–Kier alpha value is -2.72. The number of benzene rings is 2. The summed E-state index contributed by atoms with van der Waals surface area (Å²) in [6.45, 7) is 4.43. The number of halogens is 2. The molecule has 0 unspecified atom stereocenters. The molecule has 0 saturated carbocycles. The molecule has 0 aliphatic carbocycles. The lowest BCUT2D eigenvalue weighted by Gasteiger charge is -2.18. The number of aromatic nitrogens is 5. The van der Waals surface area contributed by atoms with Gasteiger partial charge in [0.05, 0.1) is 21.8 Å². The van der Waals surface area contributed by atoms with Crippen molar-refractivity contribution >= 4 is 61.1 Å². The van der Waals surface area contributed by atoms with Crippen LogP contribution in [0.4, 0.5) is 0 Å². The van der Waals surface area contributed by atoms with E-state index in [1.807, 2.05) is 13.8 Å². The number of aromatic amines is 1. The van der Waals surface area contributed by atoms with Gasteiger partial charge in [-0.05, 0) is 36.4 Å². The van der Waals surface area contributed by atoms with E-state index in [1.54, 1.807) is 47.1 Å². The molecule has 0 fully saturated rings. The second-order valence-electron chi connectivity index (χ2n) is 7.23. The van der Waals surface area contributed by atoms with Crippen molar-refractivity contribution in [2.75, 3.05) is 13.1 Å². The molecule has 11 heteroatoms. The second-order valence-corrected chi connectivity index (χ2v) is 10.0. The zero-order valence-electron chi connectivity index (χ0n) is 17.2. The molecule has 3 aromatic heterocycles. The monoisotopic (exact) mass is 488 g/mol. The molecule has 2 aromatic carbocycles. The van der Waals surface area contributed by atoms with Gasteiger partial charge in [-0.15, -0.1) is 0 Å². The fraction of sp³-hybridized carbons (Fsp3) is 0.190. The molecule has 3 heterocycles. The quantitative estimate of drug-likeness (QED) is 0.384. The van der Waals surface area contributed by atoms with Gasteiger partial charge >= 0.3 is 0 Å². The van der Waals surface area contributed by atoms with Crippen LogP contribution in [-0.2, 0) is 10.0 Å². The molecule has 32 heavy (non-hydrogen) atoms. The van der Waals surface area contributed by atoms with Gasteiger partial charge in [-0.3, -0.25) is 0 Å². The van der Waals surface area contributed by atoms with Crippen LogP contribution in [0.1, 0.15) is 13.8 Å². The van der Waals surface area contributed by atoms with Crippen molar-refractivity contribution in [2.45, 2.75) is 18.7 Å². The molecule has 0 aliphatic heterocycles. The highest BCUT2D eigenvalue weighted by molar-refractivity contribution is 7.89. The smallest absolute Gasteiger partial charge is 0.253 e. The van der Waals surface area contributed by atoms with Crippen molar-refractivity contribution in [2.24, 2.45) is 0 Å².